The lowest BCUT2D eigenvalue weighted by Crippen LogP contribution is -2.26. The molecule has 0 spiro atoms. The number of hydroxylamine groups is 2. The highest BCUT2D eigenvalue weighted by Gasteiger charge is 2.12. The Labute approximate surface area is 82.2 Å². The molecule has 0 fully saturated rings. The van der Waals surface area contributed by atoms with Crippen molar-refractivity contribution in [2.24, 2.45) is 0 Å². The van der Waals surface area contributed by atoms with Gasteiger partial charge in [-0.05, 0) is 6.07 Å². The summed E-state index contributed by atoms with van der Waals surface area (Å²) >= 11 is 0. The molecule has 1 aromatic rings. The molecule has 0 aromatic carbocycles. The number of carbonyl (C=O) groups is 1. The normalized spacial score (nSPS) is 9.64. The topological polar surface area (TPSA) is 51.7 Å². The van der Waals surface area contributed by atoms with Gasteiger partial charge in [-0.2, -0.15) is 0 Å². The Kier molecular flexibility index (Phi) is 3.41. The summed E-state index contributed by atoms with van der Waals surface area (Å²) in [5.74, 6) is 0.277. The molecule has 0 aliphatic heterocycles. The van der Waals surface area contributed by atoms with Crippen LogP contribution in [0.25, 0.3) is 0 Å². The van der Waals surface area contributed by atoms with E-state index in [2.05, 4.69) is 4.98 Å². The molecular weight excluding hydrogens is 184 g/mol. The summed E-state index contributed by atoms with van der Waals surface area (Å²) in [6, 6.07) is 3.22. The first-order chi connectivity index (χ1) is 6.69. The molecule has 0 radical (unpaired) electrons. The highest BCUT2D eigenvalue weighted by Crippen LogP contribution is 2.11. The highest BCUT2D eigenvalue weighted by molar-refractivity contribution is 5.91. The van der Waals surface area contributed by atoms with Gasteiger partial charge in [0.05, 0.1) is 14.2 Å². The van der Waals surface area contributed by atoms with E-state index in [1.165, 1.54) is 27.5 Å². The van der Waals surface area contributed by atoms with Gasteiger partial charge in [-0.25, -0.2) is 5.06 Å². The van der Waals surface area contributed by atoms with Crippen molar-refractivity contribution in [3.05, 3.63) is 24.0 Å². The van der Waals surface area contributed by atoms with Crippen molar-refractivity contribution in [3.8, 4) is 5.75 Å². The van der Waals surface area contributed by atoms with Crippen LogP contribution in [0, 0.1) is 0 Å². The third-order valence-corrected chi connectivity index (χ3v) is 1.75. The van der Waals surface area contributed by atoms with Gasteiger partial charge < -0.3 is 4.74 Å². The summed E-state index contributed by atoms with van der Waals surface area (Å²) in [5, 5.41) is 1.10. The van der Waals surface area contributed by atoms with E-state index in [0.29, 0.717) is 5.75 Å². The van der Waals surface area contributed by atoms with Crippen molar-refractivity contribution < 1.29 is 14.4 Å². The van der Waals surface area contributed by atoms with Crippen LogP contribution in [0.2, 0.25) is 0 Å². The predicted molar refractivity (Wildman–Crippen MR) is 49.9 cm³/mol. The summed E-state index contributed by atoms with van der Waals surface area (Å²) in [6.07, 6.45) is 1.51. The Hall–Kier alpha value is -1.62. The van der Waals surface area contributed by atoms with Gasteiger partial charge in [-0.1, -0.05) is 0 Å². The summed E-state index contributed by atoms with van der Waals surface area (Å²) < 4.78 is 4.97. The number of nitrogens with zero attached hydrogens (tertiary/aromatic N) is 2. The monoisotopic (exact) mass is 196 g/mol. The number of rotatable bonds is 3. The average Bonchev–Trinajstić information content (AvgIpc) is 2.27. The number of methoxy groups -OCH3 is 1. The molecule has 0 saturated carbocycles. The molecule has 1 aromatic heterocycles. The van der Waals surface area contributed by atoms with Crippen LogP contribution in [-0.4, -0.2) is 37.2 Å². The largest absolute Gasteiger partial charge is 0.497 e. The zero-order valence-corrected chi connectivity index (χ0v) is 8.35. The first-order valence-corrected chi connectivity index (χ1v) is 4.01. The molecule has 0 N–H and O–H groups in total. The predicted octanol–water partition coefficient (Wildman–Crippen LogP) is 0.724. The van der Waals surface area contributed by atoms with E-state index in [-0.39, 0.29) is 11.6 Å². The molecule has 0 saturated heterocycles. The molecule has 0 unspecified atom stereocenters. The minimum Gasteiger partial charge on any atom is -0.497 e. The Balaban J connectivity index is 2.90. The van der Waals surface area contributed by atoms with Gasteiger partial charge in [0.2, 0.25) is 0 Å². The zero-order valence-electron chi connectivity index (χ0n) is 8.35. The molecule has 0 atom stereocenters. The lowest BCUT2D eigenvalue weighted by Gasteiger charge is -2.12. The SMILES string of the molecule is COc1ccnc(C(=O)N(C)OC)c1. The van der Waals surface area contributed by atoms with Crippen LogP contribution in [0.5, 0.6) is 5.75 Å². The van der Waals surface area contributed by atoms with E-state index in [0.717, 1.165) is 5.06 Å². The molecule has 14 heavy (non-hydrogen) atoms. The van der Waals surface area contributed by atoms with Crippen LogP contribution < -0.4 is 4.74 Å². The van der Waals surface area contributed by atoms with Gasteiger partial charge in [0.15, 0.2) is 0 Å². The van der Waals surface area contributed by atoms with Crippen molar-refractivity contribution >= 4 is 5.91 Å². The number of pyridine rings is 1. The summed E-state index contributed by atoms with van der Waals surface area (Å²) in [6.45, 7) is 0. The number of carbonyl (C=O) groups excluding carboxylic acids is 1. The van der Waals surface area contributed by atoms with Crippen LogP contribution in [0.4, 0.5) is 0 Å². The van der Waals surface area contributed by atoms with Crippen molar-refractivity contribution in [2.75, 3.05) is 21.3 Å². The average molecular weight is 196 g/mol. The molecule has 76 valence electrons. The van der Waals surface area contributed by atoms with E-state index in [9.17, 15) is 4.79 Å². The quantitative estimate of drug-likeness (QED) is 0.668. The minimum absolute atomic E-state index is 0.286. The van der Waals surface area contributed by atoms with Crippen LogP contribution >= 0.6 is 0 Å². The third-order valence-electron chi connectivity index (χ3n) is 1.75. The molecule has 1 rings (SSSR count). The zero-order chi connectivity index (χ0) is 10.6. The van der Waals surface area contributed by atoms with Gasteiger partial charge in [0, 0.05) is 19.3 Å². The fourth-order valence-electron chi connectivity index (χ4n) is 0.899. The van der Waals surface area contributed by atoms with Gasteiger partial charge in [0.25, 0.3) is 5.91 Å². The maximum atomic E-state index is 11.5. The van der Waals surface area contributed by atoms with Crippen molar-refractivity contribution in [2.45, 2.75) is 0 Å². The lowest BCUT2D eigenvalue weighted by atomic mass is 10.3. The second-order valence-corrected chi connectivity index (χ2v) is 2.57. The second-order valence-electron chi connectivity index (χ2n) is 2.57. The lowest BCUT2D eigenvalue weighted by molar-refractivity contribution is -0.0760. The van der Waals surface area contributed by atoms with Gasteiger partial charge >= 0.3 is 0 Å². The van der Waals surface area contributed by atoms with Crippen LogP contribution in [0.3, 0.4) is 0 Å². The molecular formula is C9H12N2O3. The number of hydrogen-bond donors (Lipinski definition) is 0. The number of amides is 1. The highest BCUT2D eigenvalue weighted by atomic mass is 16.7. The van der Waals surface area contributed by atoms with Gasteiger partial charge in [-0.15, -0.1) is 0 Å². The fourth-order valence-corrected chi connectivity index (χ4v) is 0.899. The molecule has 0 bridgehead atoms. The Morgan fingerprint density at radius 2 is 2.21 bits per heavy atom. The third kappa shape index (κ3) is 2.20. The van der Waals surface area contributed by atoms with Crippen molar-refractivity contribution in [3.63, 3.8) is 0 Å². The molecule has 1 heterocycles. The van der Waals surface area contributed by atoms with E-state index in [1.807, 2.05) is 0 Å². The Morgan fingerprint density at radius 1 is 1.50 bits per heavy atom. The maximum Gasteiger partial charge on any atom is 0.295 e. The molecule has 0 aliphatic rings. The molecule has 5 heteroatoms. The first kappa shape index (κ1) is 10.5. The Bertz CT molecular complexity index is 328. The summed E-state index contributed by atoms with van der Waals surface area (Å²) in [5.41, 5.74) is 0.286. The number of aromatic nitrogens is 1. The van der Waals surface area contributed by atoms with Gasteiger partial charge in [0.1, 0.15) is 11.4 Å². The van der Waals surface area contributed by atoms with Crippen LogP contribution in [0.15, 0.2) is 18.3 Å². The fraction of sp³-hybridized carbons (Fsp3) is 0.333. The van der Waals surface area contributed by atoms with Crippen LogP contribution in [-0.2, 0) is 4.84 Å². The summed E-state index contributed by atoms with van der Waals surface area (Å²) in [7, 11) is 4.46. The maximum absolute atomic E-state index is 11.5. The second kappa shape index (κ2) is 4.57. The smallest absolute Gasteiger partial charge is 0.295 e. The van der Waals surface area contributed by atoms with Crippen molar-refractivity contribution in [1.82, 2.24) is 10.0 Å². The molecule has 5 nitrogen and oxygen atoms in total. The Morgan fingerprint density at radius 3 is 2.79 bits per heavy atom. The standard InChI is InChI=1S/C9H12N2O3/c1-11(14-3)9(12)8-6-7(13-2)4-5-10-8/h4-6H,1-3H3. The van der Waals surface area contributed by atoms with E-state index in [1.54, 1.807) is 12.1 Å². The first-order valence-electron chi connectivity index (χ1n) is 4.01. The molecule has 0 aliphatic carbocycles. The van der Waals surface area contributed by atoms with E-state index in [4.69, 9.17) is 9.57 Å². The minimum atomic E-state index is -0.314. The molecule has 1 amide bonds. The van der Waals surface area contributed by atoms with E-state index >= 15 is 0 Å². The number of ether oxygens (including phenoxy) is 1. The van der Waals surface area contributed by atoms with Crippen LogP contribution in [0.1, 0.15) is 10.5 Å². The van der Waals surface area contributed by atoms with Crippen molar-refractivity contribution in [1.29, 1.82) is 0 Å². The number of hydrogen-bond acceptors (Lipinski definition) is 4. The van der Waals surface area contributed by atoms with E-state index < -0.39 is 0 Å². The van der Waals surface area contributed by atoms with Gasteiger partial charge in [-0.3, -0.25) is 14.6 Å². The summed E-state index contributed by atoms with van der Waals surface area (Å²) in [4.78, 5) is 20.2.